The summed E-state index contributed by atoms with van der Waals surface area (Å²) in [4.78, 5) is 13.6. The maximum Gasteiger partial charge on any atom is 0.338 e. The normalized spacial score (nSPS) is 17.0. The topological polar surface area (TPSA) is 108 Å². The summed E-state index contributed by atoms with van der Waals surface area (Å²) in [5, 5.41) is 7.75. The molecule has 1 aliphatic heterocycles. The molecule has 3 rings (SSSR count). The highest BCUT2D eigenvalue weighted by atomic mass is 32.2. The number of hydrogen-bond donors (Lipinski definition) is 0. The van der Waals surface area contributed by atoms with Crippen LogP contribution in [0.4, 0.5) is 5.82 Å². The van der Waals surface area contributed by atoms with Gasteiger partial charge in [0, 0.05) is 19.3 Å². The highest BCUT2D eigenvalue weighted by Crippen LogP contribution is 2.18. The minimum absolute atomic E-state index is 0.0549. The molecule has 2 aromatic rings. The zero-order valence-electron chi connectivity index (χ0n) is 16.3. The van der Waals surface area contributed by atoms with Crippen molar-refractivity contribution >= 4 is 21.6 Å². The molecule has 0 radical (unpaired) electrons. The Hall–Kier alpha value is -2.72. The zero-order chi connectivity index (χ0) is 20.9. The van der Waals surface area contributed by atoms with Crippen LogP contribution >= 0.6 is 0 Å². The number of benzene rings is 1. The van der Waals surface area contributed by atoms with E-state index in [1.165, 1.54) is 6.07 Å². The average Bonchev–Trinajstić information content (AvgIpc) is 2.72. The van der Waals surface area contributed by atoms with E-state index in [1.807, 2.05) is 4.90 Å². The third kappa shape index (κ3) is 5.64. The molecule has 156 valence electrons. The van der Waals surface area contributed by atoms with Crippen LogP contribution in [0.15, 0.2) is 41.4 Å². The van der Waals surface area contributed by atoms with Crippen molar-refractivity contribution in [1.82, 2.24) is 10.2 Å². The minimum Gasteiger partial charge on any atom is -0.491 e. The fraction of sp³-hybridized carbons (Fsp3) is 0.421. The van der Waals surface area contributed by atoms with Crippen LogP contribution in [0.2, 0.25) is 0 Å². The van der Waals surface area contributed by atoms with E-state index in [-0.39, 0.29) is 17.1 Å². The standard InChI is InChI=1S/C19H23N3O6S/c1-3-26-19(23)14-4-6-15(7-5-14)28-13-16-12-22(10-11-27-16)17-8-9-18(21-20-17)29(2,24)25/h4-9,16H,3,10-13H2,1-2H3. The summed E-state index contributed by atoms with van der Waals surface area (Å²) in [5.41, 5.74) is 0.468. The van der Waals surface area contributed by atoms with E-state index in [0.717, 1.165) is 6.26 Å². The van der Waals surface area contributed by atoms with Crippen LogP contribution in [0, 0.1) is 0 Å². The van der Waals surface area contributed by atoms with Crippen molar-refractivity contribution in [3.63, 3.8) is 0 Å². The highest BCUT2D eigenvalue weighted by Gasteiger charge is 2.23. The molecule has 0 aliphatic carbocycles. The Bertz CT molecular complexity index is 931. The number of morpholine rings is 1. The molecule has 29 heavy (non-hydrogen) atoms. The molecule has 1 fully saturated rings. The summed E-state index contributed by atoms with van der Waals surface area (Å²) in [6, 6.07) is 9.81. The number of nitrogens with zero attached hydrogens (tertiary/aromatic N) is 3. The second kappa shape index (κ2) is 9.19. The van der Waals surface area contributed by atoms with Gasteiger partial charge < -0.3 is 19.1 Å². The number of ether oxygens (including phenoxy) is 3. The van der Waals surface area contributed by atoms with Gasteiger partial charge in [-0.2, -0.15) is 0 Å². The van der Waals surface area contributed by atoms with Gasteiger partial charge >= 0.3 is 5.97 Å². The molecule has 0 bridgehead atoms. The van der Waals surface area contributed by atoms with E-state index < -0.39 is 9.84 Å². The van der Waals surface area contributed by atoms with Crippen LogP contribution in [0.25, 0.3) is 0 Å². The first kappa shape index (κ1) is 21.0. The predicted molar refractivity (Wildman–Crippen MR) is 105 cm³/mol. The molecule has 0 saturated carbocycles. The fourth-order valence-corrected chi connectivity index (χ4v) is 3.30. The maximum atomic E-state index is 11.7. The number of anilines is 1. The lowest BCUT2D eigenvalue weighted by molar-refractivity contribution is 0.00998. The second-order valence-electron chi connectivity index (χ2n) is 6.50. The van der Waals surface area contributed by atoms with Crippen molar-refractivity contribution in [1.29, 1.82) is 0 Å². The Morgan fingerprint density at radius 1 is 1.21 bits per heavy atom. The first-order valence-corrected chi connectivity index (χ1v) is 11.1. The van der Waals surface area contributed by atoms with E-state index in [2.05, 4.69) is 10.2 Å². The van der Waals surface area contributed by atoms with Gasteiger partial charge in [0.15, 0.2) is 20.7 Å². The number of hydrogen-bond acceptors (Lipinski definition) is 9. The van der Waals surface area contributed by atoms with Gasteiger partial charge in [-0.1, -0.05) is 0 Å². The molecule has 1 unspecified atom stereocenters. The zero-order valence-corrected chi connectivity index (χ0v) is 17.1. The Labute approximate surface area is 169 Å². The largest absolute Gasteiger partial charge is 0.491 e. The van der Waals surface area contributed by atoms with Gasteiger partial charge in [-0.15, -0.1) is 10.2 Å². The summed E-state index contributed by atoms with van der Waals surface area (Å²) < 4.78 is 39.5. The molecular formula is C19H23N3O6S. The SMILES string of the molecule is CCOC(=O)c1ccc(OCC2CN(c3ccc(S(C)(=O)=O)nn3)CCO2)cc1. The van der Waals surface area contributed by atoms with E-state index >= 15 is 0 Å². The van der Waals surface area contributed by atoms with Gasteiger partial charge in [0.2, 0.25) is 0 Å². The first-order valence-electron chi connectivity index (χ1n) is 9.17. The van der Waals surface area contributed by atoms with Crippen LogP contribution in [-0.2, 0) is 19.3 Å². The van der Waals surface area contributed by atoms with Crippen molar-refractivity contribution < 1.29 is 27.4 Å². The number of rotatable bonds is 7. The van der Waals surface area contributed by atoms with Gasteiger partial charge in [-0.3, -0.25) is 0 Å². The lowest BCUT2D eigenvalue weighted by Crippen LogP contribution is -2.45. The van der Waals surface area contributed by atoms with Crippen LogP contribution in [0.5, 0.6) is 5.75 Å². The minimum atomic E-state index is -3.38. The van der Waals surface area contributed by atoms with Crippen molar-refractivity contribution in [2.45, 2.75) is 18.1 Å². The van der Waals surface area contributed by atoms with Gasteiger partial charge in [-0.25, -0.2) is 13.2 Å². The molecule has 2 heterocycles. The summed E-state index contributed by atoms with van der Waals surface area (Å²) in [6.07, 6.45) is 0.905. The van der Waals surface area contributed by atoms with Crippen LogP contribution in [-0.4, -0.2) is 69.9 Å². The number of aromatic nitrogens is 2. The average molecular weight is 421 g/mol. The number of sulfone groups is 1. The fourth-order valence-electron chi connectivity index (χ4n) is 2.80. The van der Waals surface area contributed by atoms with Gasteiger partial charge in [0.1, 0.15) is 18.5 Å². The van der Waals surface area contributed by atoms with Crippen LogP contribution in [0.3, 0.4) is 0 Å². The molecule has 1 atom stereocenters. The molecule has 10 heteroatoms. The molecule has 0 N–H and O–H groups in total. The lowest BCUT2D eigenvalue weighted by atomic mass is 10.2. The molecule has 0 amide bonds. The molecule has 9 nitrogen and oxygen atoms in total. The Kier molecular flexibility index (Phi) is 6.65. The predicted octanol–water partition coefficient (Wildman–Crippen LogP) is 1.34. The maximum absolute atomic E-state index is 11.7. The van der Waals surface area contributed by atoms with Crippen molar-refractivity contribution in [3.8, 4) is 5.75 Å². The van der Waals surface area contributed by atoms with E-state index in [1.54, 1.807) is 37.3 Å². The Morgan fingerprint density at radius 3 is 2.59 bits per heavy atom. The summed E-state index contributed by atoms with van der Waals surface area (Å²) >= 11 is 0. The first-order chi connectivity index (χ1) is 13.9. The van der Waals surface area contributed by atoms with E-state index in [0.29, 0.717) is 50.0 Å². The monoisotopic (exact) mass is 421 g/mol. The van der Waals surface area contributed by atoms with Gasteiger partial charge in [-0.05, 0) is 43.3 Å². The molecule has 1 aromatic carbocycles. The Balaban J connectivity index is 1.55. The van der Waals surface area contributed by atoms with Gasteiger partial charge in [0.25, 0.3) is 0 Å². The van der Waals surface area contributed by atoms with Crippen molar-refractivity contribution in [2.75, 3.05) is 44.1 Å². The van der Waals surface area contributed by atoms with Crippen LogP contribution in [0.1, 0.15) is 17.3 Å². The summed E-state index contributed by atoms with van der Waals surface area (Å²) in [7, 11) is -3.38. The summed E-state index contributed by atoms with van der Waals surface area (Å²) in [6.45, 7) is 4.06. The smallest absolute Gasteiger partial charge is 0.338 e. The van der Waals surface area contributed by atoms with Gasteiger partial charge in [0.05, 0.1) is 18.8 Å². The van der Waals surface area contributed by atoms with E-state index in [4.69, 9.17) is 14.2 Å². The number of carbonyl (C=O) groups is 1. The Morgan fingerprint density at radius 2 is 1.97 bits per heavy atom. The second-order valence-corrected chi connectivity index (χ2v) is 8.46. The summed E-state index contributed by atoms with van der Waals surface area (Å²) in [5.74, 6) is 0.842. The van der Waals surface area contributed by atoms with Crippen molar-refractivity contribution in [2.24, 2.45) is 0 Å². The quantitative estimate of drug-likeness (QED) is 0.612. The van der Waals surface area contributed by atoms with Crippen molar-refractivity contribution in [3.05, 3.63) is 42.0 Å². The molecule has 1 aliphatic rings. The third-order valence-electron chi connectivity index (χ3n) is 4.27. The molecule has 1 aromatic heterocycles. The van der Waals surface area contributed by atoms with E-state index in [9.17, 15) is 13.2 Å². The number of carbonyl (C=O) groups excluding carboxylic acids is 1. The molecule has 1 saturated heterocycles. The lowest BCUT2D eigenvalue weighted by Gasteiger charge is -2.33. The highest BCUT2D eigenvalue weighted by molar-refractivity contribution is 7.90. The molecule has 0 spiro atoms. The number of esters is 1. The van der Waals surface area contributed by atoms with Crippen LogP contribution < -0.4 is 9.64 Å². The third-order valence-corrected chi connectivity index (χ3v) is 5.25. The molecular weight excluding hydrogens is 398 g/mol.